The van der Waals surface area contributed by atoms with Crippen LogP contribution in [0.5, 0.6) is 0 Å². The van der Waals surface area contributed by atoms with Crippen LogP contribution in [0.2, 0.25) is 5.02 Å². The maximum atomic E-state index is 13.7. The Bertz CT molecular complexity index is 1140. The van der Waals surface area contributed by atoms with Gasteiger partial charge in [-0.1, -0.05) is 61.3 Å². The second-order valence-electron chi connectivity index (χ2n) is 8.90. The molecule has 0 heterocycles. The van der Waals surface area contributed by atoms with Crippen LogP contribution in [-0.4, -0.2) is 50.0 Å². The normalized spacial score (nSPS) is 13.1. The molecule has 2 atom stereocenters. The summed E-state index contributed by atoms with van der Waals surface area (Å²) in [6, 6.07) is 11.8. The summed E-state index contributed by atoms with van der Waals surface area (Å²) >= 11 is 6.23. The van der Waals surface area contributed by atoms with E-state index in [0.717, 1.165) is 28.1 Å². The largest absolute Gasteiger partial charge is 0.352 e. The Morgan fingerprint density at radius 1 is 1.03 bits per heavy atom. The van der Waals surface area contributed by atoms with Gasteiger partial charge in [0.15, 0.2) is 0 Å². The van der Waals surface area contributed by atoms with Crippen LogP contribution in [-0.2, 0) is 26.2 Å². The van der Waals surface area contributed by atoms with Crippen LogP contribution in [0, 0.1) is 13.8 Å². The van der Waals surface area contributed by atoms with Gasteiger partial charge in [0, 0.05) is 17.6 Å². The number of halogens is 1. The third-order valence-electron chi connectivity index (χ3n) is 6.05. The molecule has 0 radical (unpaired) electrons. The number of carbonyl (C=O) groups excluding carboxylic acids is 2. The molecule has 1 N–H and O–H groups in total. The van der Waals surface area contributed by atoms with Gasteiger partial charge in [-0.2, -0.15) is 0 Å². The summed E-state index contributed by atoms with van der Waals surface area (Å²) < 4.78 is 26.5. The number of rotatable bonds is 11. The first kappa shape index (κ1) is 28.7. The van der Waals surface area contributed by atoms with Gasteiger partial charge in [-0.25, -0.2) is 8.42 Å². The topological polar surface area (TPSA) is 86.8 Å². The maximum absolute atomic E-state index is 13.7. The number of carbonyl (C=O) groups is 2. The fourth-order valence-electron chi connectivity index (χ4n) is 3.71. The number of amides is 2. The van der Waals surface area contributed by atoms with Crippen LogP contribution < -0.4 is 9.62 Å². The zero-order valence-corrected chi connectivity index (χ0v) is 22.9. The molecule has 0 aliphatic carbocycles. The Labute approximate surface area is 214 Å². The Morgan fingerprint density at radius 3 is 2.20 bits per heavy atom. The van der Waals surface area contributed by atoms with Crippen molar-refractivity contribution in [1.29, 1.82) is 0 Å². The van der Waals surface area contributed by atoms with Crippen LogP contribution in [0.15, 0.2) is 42.5 Å². The van der Waals surface area contributed by atoms with Gasteiger partial charge >= 0.3 is 0 Å². The van der Waals surface area contributed by atoms with Crippen molar-refractivity contribution in [3.8, 4) is 0 Å². The molecule has 0 fully saturated rings. The highest BCUT2D eigenvalue weighted by atomic mass is 35.5. The summed E-state index contributed by atoms with van der Waals surface area (Å²) in [5, 5.41) is 3.36. The Hall–Kier alpha value is -2.58. The van der Waals surface area contributed by atoms with Crippen molar-refractivity contribution in [3.05, 3.63) is 64.2 Å². The first-order chi connectivity index (χ1) is 16.4. The van der Waals surface area contributed by atoms with E-state index in [4.69, 9.17) is 11.6 Å². The summed E-state index contributed by atoms with van der Waals surface area (Å²) in [5.41, 5.74) is 2.82. The first-order valence-electron chi connectivity index (χ1n) is 11.8. The van der Waals surface area contributed by atoms with E-state index >= 15 is 0 Å². The standard InChI is InChI=1S/C26H36ClN3O4S/c1-7-19(4)28-26(32)23(8-2)29(16-21-14-12-18(3)13-15-21)25(31)17-30(35(6,33)34)24-11-9-10-22(27)20(24)5/h9-15,19,23H,7-8,16-17H2,1-6H3,(H,28,32)/t19-,23+/m1/s1. The van der Waals surface area contributed by atoms with Gasteiger partial charge in [0.2, 0.25) is 21.8 Å². The van der Waals surface area contributed by atoms with E-state index in [1.165, 1.54) is 4.90 Å². The second-order valence-corrected chi connectivity index (χ2v) is 11.2. The van der Waals surface area contributed by atoms with E-state index in [1.54, 1.807) is 25.1 Å². The molecule has 0 saturated carbocycles. The Balaban J connectivity index is 2.47. The third-order valence-corrected chi connectivity index (χ3v) is 7.58. The van der Waals surface area contributed by atoms with E-state index in [-0.39, 0.29) is 18.5 Å². The summed E-state index contributed by atoms with van der Waals surface area (Å²) in [5.74, 6) is -0.728. The molecule has 0 saturated heterocycles. The second kappa shape index (κ2) is 12.4. The van der Waals surface area contributed by atoms with Crippen LogP contribution in [0.3, 0.4) is 0 Å². The highest BCUT2D eigenvalue weighted by Gasteiger charge is 2.32. The van der Waals surface area contributed by atoms with Crippen molar-refractivity contribution in [3.63, 3.8) is 0 Å². The average Bonchev–Trinajstić information content (AvgIpc) is 2.79. The van der Waals surface area contributed by atoms with Gasteiger partial charge < -0.3 is 10.2 Å². The lowest BCUT2D eigenvalue weighted by molar-refractivity contribution is -0.140. The lowest BCUT2D eigenvalue weighted by Gasteiger charge is -2.33. The van der Waals surface area contributed by atoms with Gasteiger partial charge in [0.1, 0.15) is 12.6 Å². The molecule has 192 valence electrons. The number of nitrogens with zero attached hydrogens (tertiary/aromatic N) is 2. The number of nitrogens with one attached hydrogen (secondary N) is 1. The third kappa shape index (κ3) is 7.70. The highest BCUT2D eigenvalue weighted by molar-refractivity contribution is 7.92. The molecule has 35 heavy (non-hydrogen) atoms. The van der Waals surface area contributed by atoms with Crippen LogP contribution >= 0.6 is 11.6 Å². The van der Waals surface area contributed by atoms with Gasteiger partial charge in [-0.15, -0.1) is 0 Å². The van der Waals surface area contributed by atoms with E-state index in [2.05, 4.69) is 5.32 Å². The molecular weight excluding hydrogens is 486 g/mol. The summed E-state index contributed by atoms with van der Waals surface area (Å²) in [4.78, 5) is 28.3. The number of hydrogen-bond donors (Lipinski definition) is 1. The Morgan fingerprint density at radius 2 is 1.66 bits per heavy atom. The molecule has 0 aliphatic heterocycles. The molecule has 0 bridgehead atoms. The molecule has 2 amide bonds. The SMILES string of the molecule is CC[C@@H](C)NC(=O)[C@H](CC)N(Cc1ccc(C)cc1)C(=O)CN(c1cccc(Cl)c1C)S(C)(=O)=O. The fourth-order valence-corrected chi connectivity index (χ4v) is 4.78. The summed E-state index contributed by atoms with van der Waals surface area (Å²) in [6.07, 6.45) is 2.19. The maximum Gasteiger partial charge on any atom is 0.244 e. The molecular formula is C26H36ClN3O4S. The monoisotopic (exact) mass is 521 g/mol. The van der Waals surface area contributed by atoms with E-state index in [1.807, 2.05) is 52.0 Å². The number of benzene rings is 2. The van der Waals surface area contributed by atoms with Crippen LogP contribution in [0.4, 0.5) is 5.69 Å². The minimum atomic E-state index is -3.81. The number of anilines is 1. The molecule has 0 spiro atoms. The molecule has 9 heteroatoms. The summed E-state index contributed by atoms with van der Waals surface area (Å²) in [7, 11) is -3.81. The molecule has 7 nitrogen and oxygen atoms in total. The predicted molar refractivity (Wildman–Crippen MR) is 142 cm³/mol. The van der Waals surface area contributed by atoms with E-state index < -0.39 is 28.5 Å². The fraction of sp³-hybridized carbons (Fsp3) is 0.462. The van der Waals surface area contributed by atoms with Crippen molar-refractivity contribution >= 4 is 39.1 Å². The molecule has 0 aromatic heterocycles. The van der Waals surface area contributed by atoms with Gasteiger partial charge in [0.05, 0.1) is 11.9 Å². The van der Waals surface area contributed by atoms with Crippen molar-refractivity contribution in [2.75, 3.05) is 17.1 Å². The molecule has 2 aromatic carbocycles. The summed E-state index contributed by atoms with van der Waals surface area (Å²) in [6.45, 7) is 9.13. The number of sulfonamides is 1. The number of aryl methyl sites for hydroxylation is 1. The van der Waals surface area contributed by atoms with E-state index in [9.17, 15) is 18.0 Å². The average molecular weight is 522 g/mol. The van der Waals surface area contributed by atoms with Crippen molar-refractivity contribution in [2.24, 2.45) is 0 Å². The lowest BCUT2D eigenvalue weighted by Crippen LogP contribution is -2.53. The van der Waals surface area contributed by atoms with Crippen LogP contribution in [0.1, 0.15) is 50.3 Å². The van der Waals surface area contributed by atoms with Crippen LogP contribution in [0.25, 0.3) is 0 Å². The zero-order valence-electron chi connectivity index (χ0n) is 21.3. The quantitative estimate of drug-likeness (QED) is 0.473. The molecule has 2 aromatic rings. The van der Waals surface area contributed by atoms with Gasteiger partial charge in [-0.3, -0.25) is 13.9 Å². The minimum Gasteiger partial charge on any atom is -0.352 e. The van der Waals surface area contributed by atoms with Crippen molar-refractivity contribution < 1.29 is 18.0 Å². The zero-order chi connectivity index (χ0) is 26.3. The smallest absolute Gasteiger partial charge is 0.244 e. The molecule has 2 rings (SSSR count). The van der Waals surface area contributed by atoms with Gasteiger partial charge in [0.25, 0.3) is 0 Å². The molecule has 0 aliphatic rings. The predicted octanol–water partition coefficient (Wildman–Crippen LogP) is 4.44. The first-order valence-corrected chi connectivity index (χ1v) is 14.0. The van der Waals surface area contributed by atoms with Crippen molar-refractivity contribution in [2.45, 2.75) is 66.1 Å². The highest BCUT2D eigenvalue weighted by Crippen LogP contribution is 2.28. The minimum absolute atomic E-state index is 0.0468. The lowest BCUT2D eigenvalue weighted by atomic mass is 10.1. The van der Waals surface area contributed by atoms with Gasteiger partial charge in [-0.05, 0) is 56.9 Å². The number of hydrogen-bond acceptors (Lipinski definition) is 4. The van der Waals surface area contributed by atoms with E-state index in [0.29, 0.717) is 22.7 Å². The van der Waals surface area contributed by atoms with Crippen molar-refractivity contribution in [1.82, 2.24) is 10.2 Å². The molecule has 0 unspecified atom stereocenters. The Kier molecular flexibility index (Phi) is 10.2.